The van der Waals surface area contributed by atoms with Gasteiger partial charge in [-0.1, -0.05) is 36.4 Å². The van der Waals surface area contributed by atoms with Crippen molar-refractivity contribution in [3.63, 3.8) is 0 Å². The minimum absolute atomic E-state index is 0.227. The predicted octanol–water partition coefficient (Wildman–Crippen LogP) is 1.64. The van der Waals surface area contributed by atoms with Crippen LogP contribution in [-0.4, -0.2) is 48.5 Å². The van der Waals surface area contributed by atoms with Gasteiger partial charge < -0.3 is 20.1 Å². The first-order valence-corrected chi connectivity index (χ1v) is 10.5. The molecule has 1 fully saturated rings. The van der Waals surface area contributed by atoms with Crippen LogP contribution in [0.5, 0.6) is 11.5 Å². The van der Waals surface area contributed by atoms with Gasteiger partial charge in [-0.3, -0.25) is 19.8 Å². The van der Waals surface area contributed by atoms with Crippen molar-refractivity contribution < 1.29 is 28.7 Å². The van der Waals surface area contributed by atoms with E-state index in [1.807, 2.05) is 30.3 Å². The number of nitrogens with zero attached hydrogens (tertiary/aromatic N) is 1. The van der Waals surface area contributed by atoms with E-state index < -0.39 is 36.0 Å². The molecule has 2 aromatic carbocycles. The average molecular weight is 452 g/mol. The van der Waals surface area contributed by atoms with E-state index >= 15 is 0 Å². The topological polar surface area (TPSA) is 126 Å². The Labute approximate surface area is 190 Å². The highest BCUT2D eigenvalue weighted by Gasteiger charge is 2.49. The smallest absolute Gasteiger partial charge is 0.325 e. The van der Waals surface area contributed by atoms with Crippen molar-refractivity contribution in [1.82, 2.24) is 20.9 Å². The van der Waals surface area contributed by atoms with E-state index in [-0.39, 0.29) is 6.54 Å². The molecular weight excluding hydrogens is 428 g/mol. The van der Waals surface area contributed by atoms with Gasteiger partial charge in [-0.25, -0.2) is 9.59 Å². The predicted molar refractivity (Wildman–Crippen MR) is 116 cm³/mol. The molecule has 2 heterocycles. The summed E-state index contributed by atoms with van der Waals surface area (Å²) in [5.74, 6) is -0.345. The van der Waals surface area contributed by atoms with E-state index in [4.69, 9.17) is 9.47 Å². The minimum Gasteiger partial charge on any atom is -0.490 e. The van der Waals surface area contributed by atoms with Crippen molar-refractivity contribution in [2.24, 2.45) is 0 Å². The molecule has 0 bridgehead atoms. The summed E-state index contributed by atoms with van der Waals surface area (Å²) in [5.41, 5.74) is -0.0360. The van der Waals surface area contributed by atoms with Crippen molar-refractivity contribution in [3.8, 4) is 11.5 Å². The van der Waals surface area contributed by atoms with E-state index in [9.17, 15) is 19.2 Å². The lowest BCUT2D eigenvalue weighted by atomic mass is 9.91. The number of fused-ring (bicyclic) bond motifs is 1. The van der Waals surface area contributed by atoms with Crippen LogP contribution < -0.4 is 25.4 Å². The first-order valence-electron chi connectivity index (χ1n) is 10.5. The number of ether oxygens (including phenoxy) is 2. The fourth-order valence-electron chi connectivity index (χ4n) is 3.64. The Morgan fingerprint density at radius 1 is 1.06 bits per heavy atom. The normalized spacial score (nSPS) is 19.5. The van der Waals surface area contributed by atoms with Crippen LogP contribution in [0.25, 0.3) is 0 Å². The van der Waals surface area contributed by atoms with Crippen molar-refractivity contribution in [2.45, 2.75) is 25.4 Å². The fourth-order valence-corrected chi connectivity index (χ4v) is 3.64. The fraction of sp³-hybridized carbons (Fsp3) is 0.304. The number of hydrogen-bond donors (Lipinski definition) is 3. The van der Waals surface area contributed by atoms with Crippen LogP contribution >= 0.6 is 0 Å². The number of carbonyl (C=O) groups is 4. The molecular formula is C23H24N4O6. The minimum atomic E-state index is -1.39. The maximum atomic E-state index is 13.1. The van der Waals surface area contributed by atoms with Crippen LogP contribution in [0, 0.1) is 0 Å². The van der Waals surface area contributed by atoms with Crippen LogP contribution in [0.4, 0.5) is 9.59 Å². The van der Waals surface area contributed by atoms with Crippen LogP contribution in [0.3, 0.4) is 0 Å². The molecule has 10 nitrogen and oxygen atoms in total. The zero-order valence-electron chi connectivity index (χ0n) is 18.1. The summed E-state index contributed by atoms with van der Waals surface area (Å²) in [4.78, 5) is 50.7. The molecule has 0 saturated carbocycles. The van der Waals surface area contributed by atoms with Gasteiger partial charge in [0.1, 0.15) is 12.1 Å². The maximum Gasteiger partial charge on any atom is 0.325 e. The largest absolute Gasteiger partial charge is 0.490 e. The van der Waals surface area contributed by atoms with Crippen LogP contribution in [0.15, 0.2) is 48.5 Å². The molecule has 0 spiro atoms. The molecule has 0 aromatic heterocycles. The highest BCUT2D eigenvalue weighted by molar-refractivity contribution is 6.10. The summed E-state index contributed by atoms with van der Waals surface area (Å²) in [7, 11) is 0. The summed E-state index contributed by atoms with van der Waals surface area (Å²) < 4.78 is 11.3. The number of nitrogens with one attached hydrogen (secondary N) is 3. The molecule has 10 heteroatoms. The highest BCUT2D eigenvalue weighted by Crippen LogP contribution is 2.36. The zero-order valence-corrected chi connectivity index (χ0v) is 18.1. The Morgan fingerprint density at radius 3 is 2.55 bits per heavy atom. The standard InChI is InChI=1S/C23H24N4O6/c1-23(16-8-9-17-18(12-16)33-11-5-10-32-17)20(29)27(22(31)26-23)14-19(28)25-21(30)24-13-15-6-3-2-4-7-15/h2-4,6-9,12H,5,10-11,13-14H2,1H3,(H,26,31)(H2,24,25,28,30). The number of urea groups is 2. The van der Waals surface area contributed by atoms with Crippen molar-refractivity contribution in [2.75, 3.05) is 19.8 Å². The average Bonchev–Trinajstić information content (AvgIpc) is 2.96. The molecule has 0 radical (unpaired) electrons. The molecule has 172 valence electrons. The number of imide groups is 2. The third kappa shape index (κ3) is 4.74. The number of amides is 6. The number of benzene rings is 2. The van der Waals surface area contributed by atoms with Crippen LogP contribution in [0.2, 0.25) is 0 Å². The van der Waals surface area contributed by atoms with Gasteiger partial charge in [0, 0.05) is 13.0 Å². The third-order valence-corrected chi connectivity index (χ3v) is 5.45. The van der Waals surface area contributed by atoms with Gasteiger partial charge in [0.05, 0.1) is 13.2 Å². The second kappa shape index (κ2) is 9.19. The Hall–Kier alpha value is -4.08. The number of hydrogen-bond acceptors (Lipinski definition) is 6. The molecule has 2 aliphatic rings. The second-order valence-corrected chi connectivity index (χ2v) is 7.87. The third-order valence-electron chi connectivity index (χ3n) is 5.45. The summed E-state index contributed by atoms with van der Waals surface area (Å²) in [6.45, 7) is 2.19. The molecule has 33 heavy (non-hydrogen) atoms. The van der Waals surface area contributed by atoms with E-state index in [1.54, 1.807) is 25.1 Å². The Kier molecular flexibility index (Phi) is 6.16. The lowest BCUT2D eigenvalue weighted by Gasteiger charge is -2.23. The maximum absolute atomic E-state index is 13.1. The molecule has 0 aliphatic carbocycles. The first kappa shape index (κ1) is 22.1. The van der Waals surface area contributed by atoms with Gasteiger partial charge in [-0.05, 0) is 30.2 Å². The van der Waals surface area contributed by atoms with Gasteiger partial charge >= 0.3 is 12.1 Å². The van der Waals surface area contributed by atoms with E-state index in [1.165, 1.54) is 0 Å². The van der Waals surface area contributed by atoms with Crippen molar-refractivity contribution in [3.05, 3.63) is 59.7 Å². The zero-order chi connectivity index (χ0) is 23.4. The van der Waals surface area contributed by atoms with E-state index in [0.717, 1.165) is 16.9 Å². The SMILES string of the molecule is CC1(c2ccc3c(c2)OCCCO3)NC(=O)N(CC(=O)NC(=O)NCc2ccccc2)C1=O. The second-order valence-electron chi connectivity index (χ2n) is 7.87. The quantitative estimate of drug-likeness (QED) is 0.592. The first-order chi connectivity index (χ1) is 15.9. The van der Waals surface area contributed by atoms with E-state index in [2.05, 4.69) is 16.0 Å². The summed E-state index contributed by atoms with van der Waals surface area (Å²) in [5, 5.41) is 7.32. The number of rotatable bonds is 5. The number of carbonyl (C=O) groups excluding carboxylic acids is 4. The van der Waals surface area contributed by atoms with Gasteiger partial charge in [-0.2, -0.15) is 0 Å². The molecule has 3 N–H and O–H groups in total. The monoisotopic (exact) mass is 452 g/mol. The lowest BCUT2D eigenvalue weighted by molar-refractivity contribution is -0.134. The van der Waals surface area contributed by atoms with Crippen LogP contribution in [-0.2, 0) is 21.7 Å². The molecule has 4 rings (SSSR count). The van der Waals surface area contributed by atoms with Crippen molar-refractivity contribution in [1.29, 1.82) is 0 Å². The van der Waals surface area contributed by atoms with E-state index in [0.29, 0.717) is 30.3 Å². The van der Waals surface area contributed by atoms with Gasteiger partial charge in [0.25, 0.3) is 5.91 Å². The van der Waals surface area contributed by atoms with Crippen LogP contribution in [0.1, 0.15) is 24.5 Å². The molecule has 2 aliphatic heterocycles. The Balaban J connectivity index is 1.39. The van der Waals surface area contributed by atoms with Gasteiger partial charge in [0.15, 0.2) is 11.5 Å². The van der Waals surface area contributed by atoms with Crippen molar-refractivity contribution >= 4 is 23.9 Å². The molecule has 1 saturated heterocycles. The van der Waals surface area contributed by atoms with Gasteiger partial charge in [-0.15, -0.1) is 0 Å². The highest BCUT2D eigenvalue weighted by atomic mass is 16.5. The summed E-state index contributed by atoms with van der Waals surface area (Å²) in [6.07, 6.45) is 0.735. The van der Waals surface area contributed by atoms with Gasteiger partial charge in [0.2, 0.25) is 5.91 Å². The summed E-state index contributed by atoms with van der Waals surface area (Å²) >= 11 is 0. The molecule has 1 atom stereocenters. The lowest BCUT2D eigenvalue weighted by Crippen LogP contribution is -2.46. The Bertz CT molecular complexity index is 1090. The summed E-state index contributed by atoms with van der Waals surface area (Å²) in [6, 6.07) is 12.7. The molecule has 2 aromatic rings. The molecule has 1 unspecified atom stereocenters. The molecule has 6 amide bonds. The Morgan fingerprint density at radius 2 is 1.79 bits per heavy atom.